The largest absolute Gasteiger partial charge is 0.316 e. The summed E-state index contributed by atoms with van der Waals surface area (Å²) in [5.41, 5.74) is 2.00. The Morgan fingerprint density at radius 2 is 2.11 bits per heavy atom. The molecule has 2 fully saturated rings. The maximum atomic E-state index is 3.64. The zero-order chi connectivity index (χ0) is 11.7. The van der Waals surface area contributed by atoms with Crippen LogP contribution < -0.4 is 5.32 Å². The summed E-state index contributed by atoms with van der Waals surface area (Å²) in [6.07, 6.45) is 2.73. The molecular formula is C14H20BrClN2. The first-order valence-electron chi connectivity index (χ1n) is 6.44. The van der Waals surface area contributed by atoms with Crippen LogP contribution in [0.4, 0.5) is 0 Å². The molecule has 1 atom stereocenters. The van der Waals surface area contributed by atoms with Crippen LogP contribution in [-0.2, 0) is 6.54 Å². The molecule has 0 aromatic heterocycles. The summed E-state index contributed by atoms with van der Waals surface area (Å²) in [7, 11) is 0. The molecule has 100 valence electrons. The van der Waals surface area contributed by atoms with Gasteiger partial charge in [0.15, 0.2) is 0 Å². The van der Waals surface area contributed by atoms with E-state index in [2.05, 4.69) is 50.4 Å². The van der Waals surface area contributed by atoms with Gasteiger partial charge >= 0.3 is 0 Å². The topological polar surface area (TPSA) is 15.3 Å². The van der Waals surface area contributed by atoms with Gasteiger partial charge in [0.2, 0.25) is 0 Å². The van der Waals surface area contributed by atoms with Gasteiger partial charge in [-0.3, -0.25) is 4.90 Å². The van der Waals surface area contributed by atoms with Crippen molar-refractivity contribution < 1.29 is 0 Å². The Morgan fingerprint density at radius 3 is 2.83 bits per heavy atom. The van der Waals surface area contributed by atoms with E-state index in [1.165, 1.54) is 49.1 Å². The minimum atomic E-state index is 0. The number of benzene rings is 1. The number of nitrogens with zero attached hydrogens (tertiary/aromatic N) is 1. The zero-order valence-electron chi connectivity index (χ0n) is 10.5. The molecule has 18 heavy (non-hydrogen) atoms. The van der Waals surface area contributed by atoms with Gasteiger partial charge in [-0.2, -0.15) is 0 Å². The molecule has 0 radical (unpaired) electrons. The van der Waals surface area contributed by atoms with Crippen LogP contribution >= 0.6 is 28.3 Å². The van der Waals surface area contributed by atoms with Gasteiger partial charge in [0.25, 0.3) is 0 Å². The number of likely N-dealkylation sites (tertiary alicyclic amines) is 1. The third-order valence-electron chi connectivity index (χ3n) is 4.20. The minimum Gasteiger partial charge on any atom is -0.316 e. The maximum absolute atomic E-state index is 3.64. The summed E-state index contributed by atoms with van der Waals surface area (Å²) in [4.78, 5) is 2.60. The second-order valence-corrected chi connectivity index (χ2v) is 6.33. The molecule has 1 spiro atoms. The summed E-state index contributed by atoms with van der Waals surface area (Å²) in [6.45, 7) is 6.04. The van der Waals surface area contributed by atoms with Crippen molar-refractivity contribution in [1.82, 2.24) is 10.2 Å². The van der Waals surface area contributed by atoms with E-state index in [1.807, 2.05) is 0 Å². The predicted octanol–water partition coefficient (Wildman–Crippen LogP) is 3.06. The van der Waals surface area contributed by atoms with Gasteiger partial charge in [-0.25, -0.2) is 0 Å². The molecule has 0 bridgehead atoms. The highest BCUT2D eigenvalue weighted by molar-refractivity contribution is 9.10. The van der Waals surface area contributed by atoms with Gasteiger partial charge in [-0.15, -0.1) is 12.4 Å². The zero-order valence-corrected chi connectivity index (χ0v) is 12.9. The monoisotopic (exact) mass is 330 g/mol. The van der Waals surface area contributed by atoms with Gasteiger partial charge in [0, 0.05) is 24.1 Å². The van der Waals surface area contributed by atoms with Gasteiger partial charge < -0.3 is 5.32 Å². The van der Waals surface area contributed by atoms with Crippen LogP contribution in [-0.4, -0.2) is 31.1 Å². The Morgan fingerprint density at radius 1 is 1.28 bits per heavy atom. The lowest BCUT2D eigenvalue weighted by molar-refractivity contribution is 0.268. The van der Waals surface area contributed by atoms with Crippen LogP contribution in [0.25, 0.3) is 0 Å². The van der Waals surface area contributed by atoms with Gasteiger partial charge in [0.05, 0.1) is 0 Å². The SMILES string of the molecule is Brc1ccccc1CN1CCC2(CCNC2)C1.Cl. The number of hydrogen-bond donors (Lipinski definition) is 1. The van der Waals surface area contributed by atoms with E-state index < -0.39 is 0 Å². The Balaban J connectivity index is 0.00000120. The fourth-order valence-electron chi connectivity index (χ4n) is 3.17. The van der Waals surface area contributed by atoms with Crippen LogP contribution in [0.3, 0.4) is 0 Å². The van der Waals surface area contributed by atoms with Gasteiger partial charge in [-0.1, -0.05) is 34.1 Å². The van der Waals surface area contributed by atoms with Crippen LogP contribution in [0.15, 0.2) is 28.7 Å². The second-order valence-electron chi connectivity index (χ2n) is 5.48. The van der Waals surface area contributed by atoms with Crippen LogP contribution in [0.5, 0.6) is 0 Å². The molecule has 0 aliphatic carbocycles. The summed E-state index contributed by atoms with van der Waals surface area (Å²) in [6, 6.07) is 8.57. The molecule has 2 saturated heterocycles. The highest BCUT2D eigenvalue weighted by atomic mass is 79.9. The van der Waals surface area contributed by atoms with E-state index in [1.54, 1.807) is 0 Å². The highest BCUT2D eigenvalue weighted by Crippen LogP contribution is 2.36. The van der Waals surface area contributed by atoms with Crippen molar-refractivity contribution in [3.05, 3.63) is 34.3 Å². The second kappa shape index (κ2) is 5.91. The number of hydrogen-bond acceptors (Lipinski definition) is 2. The van der Waals surface area contributed by atoms with Crippen molar-refractivity contribution in [2.75, 3.05) is 26.2 Å². The number of nitrogens with one attached hydrogen (secondary N) is 1. The Hall–Kier alpha value is -0.0900. The summed E-state index contributed by atoms with van der Waals surface area (Å²) >= 11 is 3.64. The third-order valence-corrected chi connectivity index (χ3v) is 4.97. The molecule has 0 saturated carbocycles. The highest BCUT2D eigenvalue weighted by Gasteiger charge is 2.40. The minimum absolute atomic E-state index is 0. The van der Waals surface area contributed by atoms with E-state index >= 15 is 0 Å². The molecule has 1 unspecified atom stereocenters. The molecule has 0 amide bonds. The van der Waals surface area contributed by atoms with Crippen molar-refractivity contribution in [3.8, 4) is 0 Å². The first kappa shape index (κ1) is 14.3. The average molecular weight is 332 g/mol. The Labute approximate surface area is 124 Å². The van der Waals surface area contributed by atoms with Crippen LogP contribution in [0.2, 0.25) is 0 Å². The van der Waals surface area contributed by atoms with E-state index in [9.17, 15) is 0 Å². The summed E-state index contributed by atoms with van der Waals surface area (Å²) in [5, 5.41) is 3.51. The van der Waals surface area contributed by atoms with Crippen LogP contribution in [0, 0.1) is 5.41 Å². The smallest absolute Gasteiger partial charge is 0.0245 e. The molecule has 3 rings (SSSR count). The first-order valence-corrected chi connectivity index (χ1v) is 7.23. The maximum Gasteiger partial charge on any atom is 0.0245 e. The van der Waals surface area contributed by atoms with Crippen molar-refractivity contribution in [2.24, 2.45) is 5.41 Å². The fourth-order valence-corrected chi connectivity index (χ4v) is 3.58. The predicted molar refractivity (Wildman–Crippen MR) is 81.2 cm³/mol. The fraction of sp³-hybridized carbons (Fsp3) is 0.571. The number of halogens is 2. The standard InChI is InChI=1S/C14H19BrN2.ClH/c15-13-4-2-1-3-12(13)9-17-8-6-14(11-17)5-7-16-10-14;/h1-4,16H,5-11H2;1H. The molecule has 2 aliphatic heterocycles. The molecule has 2 nitrogen and oxygen atoms in total. The lowest BCUT2D eigenvalue weighted by Gasteiger charge is -2.23. The number of rotatable bonds is 2. The summed E-state index contributed by atoms with van der Waals surface area (Å²) < 4.78 is 1.24. The van der Waals surface area contributed by atoms with E-state index in [-0.39, 0.29) is 12.4 Å². The van der Waals surface area contributed by atoms with Gasteiger partial charge in [-0.05, 0) is 43.0 Å². The molecule has 2 heterocycles. The lowest BCUT2D eigenvalue weighted by atomic mass is 9.87. The Kier molecular flexibility index (Phi) is 4.70. The molecule has 1 aromatic rings. The first-order chi connectivity index (χ1) is 8.27. The third kappa shape index (κ3) is 2.90. The van der Waals surface area contributed by atoms with Crippen molar-refractivity contribution >= 4 is 28.3 Å². The molecular weight excluding hydrogens is 312 g/mol. The van der Waals surface area contributed by atoms with Gasteiger partial charge in [0.1, 0.15) is 0 Å². The Bertz CT molecular complexity index is 405. The van der Waals surface area contributed by atoms with Crippen LogP contribution in [0.1, 0.15) is 18.4 Å². The van der Waals surface area contributed by atoms with E-state index in [4.69, 9.17) is 0 Å². The molecule has 1 aromatic carbocycles. The molecule has 2 aliphatic rings. The lowest BCUT2D eigenvalue weighted by Crippen LogP contribution is -2.29. The van der Waals surface area contributed by atoms with Crippen molar-refractivity contribution in [1.29, 1.82) is 0 Å². The average Bonchev–Trinajstić information content (AvgIpc) is 2.94. The van der Waals surface area contributed by atoms with Crippen molar-refractivity contribution in [3.63, 3.8) is 0 Å². The van der Waals surface area contributed by atoms with E-state index in [0.717, 1.165) is 6.54 Å². The quantitative estimate of drug-likeness (QED) is 0.896. The molecule has 4 heteroatoms. The van der Waals surface area contributed by atoms with Crippen molar-refractivity contribution in [2.45, 2.75) is 19.4 Å². The normalized spacial score (nSPS) is 27.6. The van der Waals surface area contributed by atoms with E-state index in [0.29, 0.717) is 5.41 Å². The summed E-state index contributed by atoms with van der Waals surface area (Å²) in [5.74, 6) is 0. The molecule has 1 N–H and O–H groups in total.